The van der Waals surface area contributed by atoms with E-state index in [1.54, 1.807) is 12.1 Å². The van der Waals surface area contributed by atoms with Crippen molar-refractivity contribution < 1.29 is 13.9 Å². The maximum Gasteiger partial charge on any atom is 0.166 e. The summed E-state index contributed by atoms with van der Waals surface area (Å²) in [6.45, 7) is 4.20. The molecule has 0 unspecified atom stereocenters. The minimum absolute atomic E-state index is 0.0421. The van der Waals surface area contributed by atoms with Crippen molar-refractivity contribution in [2.24, 2.45) is 0 Å². The molecule has 0 saturated carbocycles. The minimum Gasteiger partial charge on any atom is -0.493 e. The highest BCUT2D eigenvalue weighted by Crippen LogP contribution is 2.27. The van der Waals surface area contributed by atoms with E-state index in [1.807, 2.05) is 0 Å². The Morgan fingerprint density at radius 1 is 1.12 bits per heavy atom. The maximum atomic E-state index is 13.7. The fourth-order valence-corrected chi connectivity index (χ4v) is 3.53. The van der Waals surface area contributed by atoms with Crippen molar-refractivity contribution in [1.29, 1.82) is 0 Å². The second kappa shape index (κ2) is 7.73. The number of aryl methyl sites for hydroxylation is 3. The Morgan fingerprint density at radius 2 is 1.88 bits per heavy atom. The molecule has 3 rings (SSSR count). The molecule has 1 aromatic heterocycles. The number of para-hydroxylation sites is 2. The van der Waals surface area contributed by atoms with Crippen LogP contribution in [0.2, 0.25) is 0 Å². The number of hydrogen-bond donors (Lipinski definition) is 1. The first kappa shape index (κ1) is 18.2. The average molecular weight is 353 g/mol. The number of hydrogen-bond acceptors (Lipinski definition) is 2. The Hall–Kier alpha value is -2.62. The molecular formula is C22H24FNO2. The number of carbonyl (C=O) groups is 1. The first-order valence-corrected chi connectivity index (χ1v) is 8.95. The molecule has 0 aliphatic carbocycles. The predicted octanol–water partition coefficient (Wildman–Crippen LogP) is 5.53. The molecule has 0 radical (unpaired) electrons. The van der Waals surface area contributed by atoms with Gasteiger partial charge in [0.25, 0.3) is 0 Å². The molecule has 3 nitrogen and oxygen atoms in total. The van der Waals surface area contributed by atoms with Crippen molar-refractivity contribution in [3.8, 4) is 5.75 Å². The Balaban J connectivity index is 1.63. The van der Waals surface area contributed by atoms with Gasteiger partial charge in [0.1, 0.15) is 0 Å². The third-order valence-electron chi connectivity index (χ3n) is 4.92. The number of unbranched alkanes of at least 4 members (excludes halogenated alkanes) is 1. The van der Waals surface area contributed by atoms with Gasteiger partial charge in [-0.05, 0) is 56.4 Å². The lowest BCUT2D eigenvalue weighted by Crippen LogP contribution is -2.04. The zero-order chi connectivity index (χ0) is 18.7. The smallest absolute Gasteiger partial charge is 0.166 e. The monoisotopic (exact) mass is 353 g/mol. The van der Waals surface area contributed by atoms with E-state index in [2.05, 4.69) is 37.0 Å². The summed E-state index contributed by atoms with van der Waals surface area (Å²) in [6, 6.07) is 10.8. The third-order valence-corrected chi connectivity index (χ3v) is 4.92. The molecule has 2 aromatic carbocycles. The quantitative estimate of drug-likeness (QED) is 0.448. The lowest BCUT2D eigenvalue weighted by Gasteiger charge is -2.08. The zero-order valence-electron chi connectivity index (χ0n) is 15.5. The van der Waals surface area contributed by atoms with E-state index in [0.717, 1.165) is 19.3 Å². The summed E-state index contributed by atoms with van der Waals surface area (Å²) in [5.41, 5.74) is 5.27. The standard InChI is InChI=1S/C22H24FNO2/c1-14-8-6-10-17-16(15(2)24-21(14)17)9-4-5-13-20(25)18-11-7-12-19(23)22(18)26-3/h6-8,10-12,24H,4-5,9,13H2,1-3H3. The van der Waals surface area contributed by atoms with Crippen molar-refractivity contribution in [3.05, 3.63) is 64.6 Å². The summed E-state index contributed by atoms with van der Waals surface area (Å²) in [5.74, 6) is -0.531. The summed E-state index contributed by atoms with van der Waals surface area (Å²) in [5, 5.41) is 1.26. The molecule has 0 fully saturated rings. The summed E-state index contributed by atoms with van der Waals surface area (Å²) < 4.78 is 18.8. The maximum absolute atomic E-state index is 13.7. The Kier molecular flexibility index (Phi) is 5.40. The van der Waals surface area contributed by atoms with E-state index in [4.69, 9.17) is 4.74 Å². The normalized spacial score (nSPS) is 11.1. The van der Waals surface area contributed by atoms with Crippen LogP contribution in [-0.4, -0.2) is 17.9 Å². The van der Waals surface area contributed by atoms with Crippen LogP contribution >= 0.6 is 0 Å². The number of fused-ring (bicyclic) bond motifs is 1. The topological polar surface area (TPSA) is 42.1 Å². The molecule has 0 spiro atoms. The van der Waals surface area contributed by atoms with Crippen molar-refractivity contribution in [2.75, 3.05) is 7.11 Å². The van der Waals surface area contributed by atoms with Crippen LogP contribution in [0.5, 0.6) is 5.75 Å². The number of halogens is 1. The van der Waals surface area contributed by atoms with Crippen molar-refractivity contribution in [3.63, 3.8) is 0 Å². The molecule has 0 amide bonds. The van der Waals surface area contributed by atoms with Gasteiger partial charge in [0.2, 0.25) is 0 Å². The van der Waals surface area contributed by atoms with Crippen LogP contribution in [0.1, 0.15) is 46.4 Å². The highest BCUT2D eigenvalue weighted by atomic mass is 19.1. The number of H-pyrrole nitrogens is 1. The van der Waals surface area contributed by atoms with Crippen molar-refractivity contribution in [2.45, 2.75) is 39.5 Å². The molecule has 0 atom stereocenters. The first-order valence-electron chi connectivity index (χ1n) is 8.95. The third kappa shape index (κ3) is 3.50. The van der Waals surface area contributed by atoms with Crippen LogP contribution in [0, 0.1) is 19.7 Å². The molecule has 0 aliphatic rings. The number of rotatable bonds is 7. The van der Waals surface area contributed by atoms with E-state index >= 15 is 0 Å². The van der Waals surface area contributed by atoms with Gasteiger partial charge in [-0.1, -0.05) is 24.3 Å². The van der Waals surface area contributed by atoms with Gasteiger partial charge in [-0.15, -0.1) is 0 Å². The average Bonchev–Trinajstić information content (AvgIpc) is 2.95. The molecule has 0 bridgehead atoms. The van der Waals surface area contributed by atoms with Gasteiger partial charge < -0.3 is 9.72 Å². The molecule has 0 saturated heterocycles. The van der Waals surface area contributed by atoms with Crippen molar-refractivity contribution >= 4 is 16.7 Å². The van der Waals surface area contributed by atoms with Crippen molar-refractivity contribution in [1.82, 2.24) is 4.98 Å². The number of ketones is 1. The summed E-state index contributed by atoms with van der Waals surface area (Å²) in [4.78, 5) is 15.9. The summed E-state index contributed by atoms with van der Waals surface area (Å²) in [7, 11) is 1.39. The van der Waals surface area contributed by atoms with Gasteiger partial charge in [0, 0.05) is 23.0 Å². The number of ether oxygens (including phenoxy) is 1. The van der Waals surface area contributed by atoms with Gasteiger partial charge in [-0.25, -0.2) is 4.39 Å². The number of benzene rings is 2. The lowest BCUT2D eigenvalue weighted by atomic mass is 10.00. The van der Waals surface area contributed by atoms with E-state index in [9.17, 15) is 9.18 Å². The fourth-order valence-electron chi connectivity index (χ4n) is 3.53. The van der Waals surface area contributed by atoms with E-state index < -0.39 is 5.82 Å². The summed E-state index contributed by atoms with van der Waals surface area (Å²) in [6.07, 6.45) is 2.98. The Labute approximate surface area is 153 Å². The second-order valence-electron chi connectivity index (χ2n) is 6.68. The van der Waals surface area contributed by atoms with Crippen LogP contribution in [-0.2, 0) is 6.42 Å². The molecule has 1 heterocycles. The van der Waals surface area contributed by atoms with E-state index in [0.29, 0.717) is 12.0 Å². The molecule has 4 heteroatoms. The van der Waals surface area contributed by atoms with Gasteiger partial charge in [0.15, 0.2) is 17.3 Å². The van der Waals surface area contributed by atoms with Gasteiger partial charge in [-0.3, -0.25) is 4.79 Å². The minimum atomic E-state index is -0.497. The van der Waals surface area contributed by atoms with Gasteiger partial charge in [-0.2, -0.15) is 0 Å². The number of carbonyl (C=O) groups excluding carboxylic acids is 1. The molecule has 1 N–H and O–H groups in total. The number of Topliss-reactive ketones (excluding diaryl/α,β-unsaturated/α-hetero) is 1. The Bertz CT molecular complexity index is 943. The number of nitrogens with one attached hydrogen (secondary N) is 1. The van der Waals surface area contributed by atoms with Crippen LogP contribution < -0.4 is 4.74 Å². The number of methoxy groups -OCH3 is 1. The van der Waals surface area contributed by atoms with Crippen LogP contribution in [0.3, 0.4) is 0 Å². The molecule has 3 aromatic rings. The highest BCUT2D eigenvalue weighted by molar-refractivity contribution is 5.98. The summed E-state index contributed by atoms with van der Waals surface area (Å²) >= 11 is 0. The molecule has 0 aliphatic heterocycles. The van der Waals surface area contributed by atoms with Crippen LogP contribution in [0.15, 0.2) is 36.4 Å². The second-order valence-corrected chi connectivity index (χ2v) is 6.68. The zero-order valence-corrected chi connectivity index (χ0v) is 15.5. The number of aromatic nitrogens is 1. The van der Waals surface area contributed by atoms with E-state index in [1.165, 1.54) is 40.9 Å². The van der Waals surface area contributed by atoms with Crippen LogP contribution in [0.25, 0.3) is 10.9 Å². The molecule has 26 heavy (non-hydrogen) atoms. The predicted molar refractivity (Wildman–Crippen MR) is 103 cm³/mol. The van der Waals surface area contributed by atoms with Gasteiger partial charge in [0.05, 0.1) is 12.7 Å². The Morgan fingerprint density at radius 3 is 2.65 bits per heavy atom. The first-order chi connectivity index (χ1) is 12.5. The van der Waals surface area contributed by atoms with Crippen LogP contribution in [0.4, 0.5) is 4.39 Å². The molecule has 136 valence electrons. The lowest BCUT2D eigenvalue weighted by molar-refractivity contribution is 0.0975. The molecular weight excluding hydrogens is 329 g/mol. The van der Waals surface area contributed by atoms with E-state index in [-0.39, 0.29) is 11.5 Å². The van der Waals surface area contributed by atoms with Gasteiger partial charge >= 0.3 is 0 Å². The number of aromatic amines is 1. The highest BCUT2D eigenvalue weighted by Gasteiger charge is 2.16. The SMILES string of the molecule is COc1c(F)cccc1C(=O)CCCCc1c(C)[nH]c2c(C)cccc12. The fraction of sp³-hybridized carbons (Fsp3) is 0.318. The largest absolute Gasteiger partial charge is 0.493 e.